The fourth-order valence-electron chi connectivity index (χ4n) is 1.50. The van der Waals surface area contributed by atoms with E-state index in [2.05, 4.69) is 10.2 Å². The number of primary amides is 1. The molecule has 1 amide bonds. The zero-order valence-electron chi connectivity index (χ0n) is 11.5. The summed E-state index contributed by atoms with van der Waals surface area (Å²) < 4.78 is 5.47. The second-order valence-electron chi connectivity index (χ2n) is 4.52. The molecule has 0 aromatic rings. The number of amides is 1. The smallest absolute Gasteiger partial charge is 0.234 e. The molecule has 0 spiro atoms. The highest BCUT2D eigenvalue weighted by Gasteiger charge is 2.14. The molecule has 1 atom stereocenters. The summed E-state index contributed by atoms with van der Waals surface area (Å²) in [7, 11) is 2.02. The standard InChI is InChI=1S/C12H27N3O2/c1-5-14-11(12(13)16)6-7-15(4)8-9-17-10(2)3/h10-11,14H,5-9H2,1-4H3,(H2,13,16). The Morgan fingerprint density at radius 2 is 2.06 bits per heavy atom. The van der Waals surface area contributed by atoms with E-state index < -0.39 is 0 Å². The van der Waals surface area contributed by atoms with Gasteiger partial charge in [-0.15, -0.1) is 0 Å². The molecule has 0 heterocycles. The Labute approximate surface area is 105 Å². The predicted octanol–water partition coefficient (Wildman–Crippen LogP) is 0.197. The molecular formula is C12H27N3O2. The zero-order valence-corrected chi connectivity index (χ0v) is 11.5. The van der Waals surface area contributed by atoms with Crippen molar-refractivity contribution >= 4 is 5.91 Å². The van der Waals surface area contributed by atoms with E-state index in [4.69, 9.17) is 10.5 Å². The van der Waals surface area contributed by atoms with E-state index in [1.54, 1.807) is 0 Å². The third-order valence-corrected chi connectivity index (χ3v) is 2.52. The molecule has 0 fully saturated rings. The van der Waals surface area contributed by atoms with Gasteiger partial charge in [-0.25, -0.2) is 0 Å². The van der Waals surface area contributed by atoms with E-state index in [0.29, 0.717) is 0 Å². The third-order valence-electron chi connectivity index (χ3n) is 2.52. The number of ether oxygens (including phenoxy) is 1. The minimum Gasteiger partial charge on any atom is -0.377 e. The lowest BCUT2D eigenvalue weighted by Crippen LogP contribution is -2.43. The van der Waals surface area contributed by atoms with Crippen LogP contribution in [-0.4, -0.2) is 56.2 Å². The molecule has 0 radical (unpaired) electrons. The van der Waals surface area contributed by atoms with Gasteiger partial charge in [0.1, 0.15) is 0 Å². The van der Waals surface area contributed by atoms with Crippen LogP contribution < -0.4 is 11.1 Å². The van der Waals surface area contributed by atoms with Crippen LogP contribution in [0.3, 0.4) is 0 Å². The van der Waals surface area contributed by atoms with Crippen molar-refractivity contribution in [3.05, 3.63) is 0 Å². The molecule has 0 aromatic heterocycles. The fraction of sp³-hybridized carbons (Fsp3) is 0.917. The minimum atomic E-state index is -0.279. The first kappa shape index (κ1) is 16.4. The molecule has 0 saturated heterocycles. The molecule has 0 aliphatic heterocycles. The molecule has 1 unspecified atom stereocenters. The number of hydrogen-bond donors (Lipinski definition) is 2. The van der Waals surface area contributed by atoms with Crippen LogP contribution in [0.15, 0.2) is 0 Å². The lowest BCUT2D eigenvalue weighted by atomic mass is 10.2. The van der Waals surface area contributed by atoms with Gasteiger partial charge in [0.25, 0.3) is 0 Å². The summed E-state index contributed by atoms with van der Waals surface area (Å²) in [5.41, 5.74) is 5.30. The molecule has 3 N–H and O–H groups in total. The van der Waals surface area contributed by atoms with E-state index in [1.165, 1.54) is 0 Å². The first-order valence-corrected chi connectivity index (χ1v) is 6.30. The maximum Gasteiger partial charge on any atom is 0.234 e. The minimum absolute atomic E-state index is 0.228. The number of nitrogens with one attached hydrogen (secondary N) is 1. The van der Waals surface area contributed by atoms with E-state index >= 15 is 0 Å². The van der Waals surface area contributed by atoms with Crippen LogP contribution in [0.25, 0.3) is 0 Å². The third kappa shape index (κ3) is 9.09. The number of nitrogens with zero attached hydrogens (tertiary/aromatic N) is 1. The van der Waals surface area contributed by atoms with Crippen molar-refractivity contribution in [3.63, 3.8) is 0 Å². The van der Waals surface area contributed by atoms with Crippen LogP contribution >= 0.6 is 0 Å². The van der Waals surface area contributed by atoms with Gasteiger partial charge in [-0.3, -0.25) is 4.79 Å². The molecule has 0 aliphatic rings. The molecule has 0 rings (SSSR count). The Bertz CT molecular complexity index is 210. The van der Waals surface area contributed by atoms with Crippen molar-refractivity contribution in [2.24, 2.45) is 5.73 Å². The molecule has 5 heteroatoms. The van der Waals surface area contributed by atoms with E-state index in [1.807, 2.05) is 27.8 Å². The zero-order chi connectivity index (χ0) is 13.3. The van der Waals surface area contributed by atoms with Crippen molar-refractivity contribution < 1.29 is 9.53 Å². The van der Waals surface area contributed by atoms with E-state index in [9.17, 15) is 4.79 Å². The van der Waals surface area contributed by atoms with Crippen LogP contribution in [0.4, 0.5) is 0 Å². The number of likely N-dealkylation sites (N-methyl/N-ethyl adjacent to an activating group) is 2. The molecule has 0 aliphatic carbocycles. The van der Waals surface area contributed by atoms with Crippen LogP contribution in [0.1, 0.15) is 27.2 Å². The SMILES string of the molecule is CCNC(CCN(C)CCOC(C)C)C(N)=O. The molecule has 0 bridgehead atoms. The Kier molecular flexibility index (Phi) is 9.03. The van der Waals surface area contributed by atoms with Crippen LogP contribution in [0.2, 0.25) is 0 Å². The van der Waals surface area contributed by atoms with Gasteiger partial charge in [-0.1, -0.05) is 6.92 Å². The quantitative estimate of drug-likeness (QED) is 0.577. The predicted molar refractivity (Wildman–Crippen MR) is 69.9 cm³/mol. The largest absolute Gasteiger partial charge is 0.377 e. The lowest BCUT2D eigenvalue weighted by molar-refractivity contribution is -0.120. The van der Waals surface area contributed by atoms with Gasteiger partial charge in [-0.2, -0.15) is 0 Å². The summed E-state index contributed by atoms with van der Waals surface area (Å²) in [6.45, 7) is 9.20. The number of hydrogen-bond acceptors (Lipinski definition) is 4. The average Bonchev–Trinajstić information content (AvgIpc) is 2.23. The van der Waals surface area contributed by atoms with Gasteiger partial charge in [0, 0.05) is 6.54 Å². The first-order chi connectivity index (χ1) is 7.97. The molecule has 5 nitrogen and oxygen atoms in total. The average molecular weight is 245 g/mol. The van der Waals surface area contributed by atoms with E-state index in [-0.39, 0.29) is 18.1 Å². The van der Waals surface area contributed by atoms with Crippen molar-refractivity contribution in [1.29, 1.82) is 0 Å². The van der Waals surface area contributed by atoms with Crippen molar-refractivity contribution in [2.45, 2.75) is 39.3 Å². The summed E-state index contributed by atoms with van der Waals surface area (Å²) in [6, 6.07) is -0.228. The Hall–Kier alpha value is -0.650. The number of rotatable bonds is 10. The fourth-order valence-corrected chi connectivity index (χ4v) is 1.50. The van der Waals surface area contributed by atoms with Crippen LogP contribution in [0, 0.1) is 0 Å². The van der Waals surface area contributed by atoms with Gasteiger partial charge >= 0.3 is 0 Å². The molecule has 102 valence electrons. The van der Waals surface area contributed by atoms with Gasteiger partial charge in [0.15, 0.2) is 0 Å². The van der Waals surface area contributed by atoms with Crippen LogP contribution in [0.5, 0.6) is 0 Å². The summed E-state index contributed by atoms with van der Waals surface area (Å²) in [6.07, 6.45) is 1.00. The number of carbonyl (C=O) groups excluding carboxylic acids is 1. The topological polar surface area (TPSA) is 67.6 Å². The summed E-state index contributed by atoms with van der Waals surface area (Å²) >= 11 is 0. The van der Waals surface area contributed by atoms with Crippen molar-refractivity contribution in [1.82, 2.24) is 10.2 Å². The van der Waals surface area contributed by atoms with E-state index in [0.717, 1.165) is 32.7 Å². The van der Waals surface area contributed by atoms with Gasteiger partial charge in [-0.05, 0) is 40.4 Å². The highest BCUT2D eigenvalue weighted by Crippen LogP contribution is 1.95. The second-order valence-corrected chi connectivity index (χ2v) is 4.52. The molecule has 17 heavy (non-hydrogen) atoms. The highest BCUT2D eigenvalue weighted by molar-refractivity contribution is 5.79. The maximum atomic E-state index is 11.1. The normalized spacial score (nSPS) is 13.3. The first-order valence-electron chi connectivity index (χ1n) is 6.30. The second kappa shape index (κ2) is 9.39. The Balaban J connectivity index is 3.72. The molecule has 0 aromatic carbocycles. The Morgan fingerprint density at radius 3 is 2.53 bits per heavy atom. The number of carbonyl (C=O) groups is 1. The van der Waals surface area contributed by atoms with Crippen molar-refractivity contribution in [2.75, 3.05) is 33.3 Å². The Morgan fingerprint density at radius 1 is 1.41 bits per heavy atom. The summed E-state index contributed by atoms with van der Waals surface area (Å²) in [5, 5.41) is 3.08. The monoisotopic (exact) mass is 245 g/mol. The molecular weight excluding hydrogens is 218 g/mol. The lowest BCUT2D eigenvalue weighted by Gasteiger charge is -2.20. The summed E-state index contributed by atoms with van der Waals surface area (Å²) in [5.74, 6) is -0.279. The summed E-state index contributed by atoms with van der Waals surface area (Å²) in [4.78, 5) is 13.3. The van der Waals surface area contributed by atoms with Gasteiger partial charge < -0.3 is 20.7 Å². The highest BCUT2D eigenvalue weighted by atomic mass is 16.5. The molecule has 0 saturated carbocycles. The van der Waals surface area contributed by atoms with Crippen molar-refractivity contribution in [3.8, 4) is 0 Å². The maximum absolute atomic E-state index is 11.1. The van der Waals surface area contributed by atoms with Crippen LogP contribution in [-0.2, 0) is 9.53 Å². The van der Waals surface area contributed by atoms with Gasteiger partial charge in [0.2, 0.25) is 5.91 Å². The number of nitrogens with two attached hydrogens (primary N) is 1. The van der Waals surface area contributed by atoms with Gasteiger partial charge in [0.05, 0.1) is 18.8 Å².